The van der Waals surface area contributed by atoms with E-state index in [0.717, 1.165) is 0 Å². The molecule has 0 bridgehead atoms. The van der Waals surface area contributed by atoms with Crippen molar-refractivity contribution < 1.29 is 41.6 Å². The third kappa shape index (κ3) is 99.5. The minimum atomic E-state index is -5.14. The molecule has 0 aliphatic heterocycles. The van der Waals surface area contributed by atoms with Crippen molar-refractivity contribution in [2.24, 2.45) is 0 Å². The molecule has 43 valence electrons. The molecule has 0 unspecified atom stereocenters. The van der Waals surface area contributed by atoms with E-state index in [1.165, 1.54) is 0 Å². The van der Waals surface area contributed by atoms with Gasteiger partial charge in [-0.2, -0.15) is 0 Å². The summed E-state index contributed by atoms with van der Waals surface area (Å²) in [6, 6.07) is 0. The molecule has 1 N–H and O–H groups in total. The molecule has 0 rings (SSSR count). The van der Waals surface area contributed by atoms with Crippen molar-refractivity contribution in [1.82, 2.24) is 0 Å². The maximum absolute atomic E-state index is 8.66. The molecule has 4 nitrogen and oxygen atoms in total. The quantitative estimate of drug-likeness (QED) is 0.358. The Kier molecular flexibility index (Phi) is 4.87. The molecule has 0 aromatic heterocycles. The van der Waals surface area contributed by atoms with Crippen LogP contribution in [-0.2, 0) is 26.9 Å². The zero-order chi connectivity index (χ0) is 4.50. The van der Waals surface area contributed by atoms with Crippen LogP contribution in [0.3, 0.4) is 0 Å². The van der Waals surface area contributed by atoms with Crippen LogP contribution in [0.15, 0.2) is 0 Å². The van der Waals surface area contributed by atoms with E-state index in [1.54, 1.807) is 0 Å². The molecule has 0 amide bonds. The molecule has 0 saturated carbocycles. The minimum Gasteiger partial charge on any atom is -0.790 e. The van der Waals surface area contributed by atoms with Crippen LogP contribution in [0, 0.1) is 0 Å². The fourth-order valence-electron chi connectivity index (χ4n) is 0. The molecule has 6 heteroatoms. The second-order valence-electron chi connectivity index (χ2n) is 0.469. The molecule has 0 aromatic rings. The molecular formula is HAgO4P-2. The summed E-state index contributed by atoms with van der Waals surface area (Å²) < 4.78 is 8.66. The van der Waals surface area contributed by atoms with Crippen LogP contribution in [0.5, 0.6) is 0 Å². The Morgan fingerprint density at radius 1 is 1.50 bits per heavy atom. The zero-order valence-corrected chi connectivity index (χ0v) is 4.80. The Bertz CT molecular complexity index is 53.7. The molecule has 0 heterocycles. The third-order valence-electron chi connectivity index (χ3n) is 0. The van der Waals surface area contributed by atoms with E-state index in [-0.39, 0.29) is 22.4 Å². The van der Waals surface area contributed by atoms with Crippen LogP contribution in [0.25, 0.3) is 0 Å². The first-order chi connectivity index (χ1) is 2.00. The number of phosphoric acid groups is 1. The summed E-state index contributed by atoms with van der Waals surface area (Å²) in [5.74, 6) is 0. The van der Waals surface area contributed by atoms with Gasteiger partial charge in [-0.3, -0.25) is 0 Å². The predicted molar refractivity (Wildman–Crippen MR) is 9.83 cm³/mol. The second kappa shape index (κ2) is 2.93. The predicted octanol–water partition coefficient (Wildman–Crippen LogP) is -2.20. The van der Waals surface area contributed by atoms with Gasteiger partial charge in [-0.1, -0.05) is 0 Å². The van der Waals surface area contributed by atoms with Gasteiger partial charge in [0.1, 0.15) is 0 Å². The summed E-state index contributed by atoms with van der Waals surface area (Å²) in [6.07, 6.45) is 0. The topological polar surface area (TPSA) is 83.4 Å². The van der Waals surface area contributed by atoms with Crippen molar-refractivity contribution in [1.29, 1.82) is 0 Å². The Morgan fingerprint density at radius 3 is 1.50 bits per heavy atom. The molecule has 0 spiro atoms. The molecule has 0 aliphatic rings. The van der Waals surface area contributed by atoms with Crippen LogP contribution in [0.4, 0.5) is 0 Å². The fraction of sp³-hybridized carbons (Fsp3) is 0. The fourth-order valence-corrected chi connectivity index (χ4v) is 0. The monoisotopic (exact) mass is 203 g/mol. The Labute approximate surface area is 49.9 Å². The maximum Gasteiger partial charge on any atom is 0.0557 e. The summed E-state index contributed by atoms with van der Waals surface area (Å²) in [5, 5.41) is 0. The van der Waals surface area contributed by atoms with E-state index in [1.807, 2.05) is 0 Å². The van der Waals surface area contributed by atoms with Crippen molar-refractivity contribution in [3.05, 3.63) is 0 Å². The standard InChI is InChI=1S/Ag.H3O4P/c;1-5(2,3)4/h;(H3,1,2,3,4)/p-2. The molecule has 1 radical (unpaired) electrons. The molecule has 0 atom stereocenters. The van der Waals surface area contributed by atoms with Crippen molar-refractivity contribution in [3.8, 4) is 0 Å². The molecule has 0 fully saturated rings. The molecule has 0 saturated heterocycles. The summed E-state index contributed by atoms with van der Waals surface area (Å²) in [4.78, 5) is 24.3. The van der Waals surface area contributed by atoms with Crippen LogP contribution in [0.1, 0.15) is 0 Å². The number of hydrogen-bond donors (Lipinski definition) is 1. The van der Waals surface area contributed by atoms with Crippen LogP contribution in [0.2, 0.25) is 0 Å². The summed E-state index contributed by atoms with van der Waals surface area (Å²) in [7, 11) is -5.14. The molecular weight excluding hydrogens is 203 g/mol. The van der Waals surface area contributed by atoms with Gasteiger partial charge in [-0.25, -0.2) is 0 Å². The van der Waals surface area contributed by atoms with Gasteiger partial charge in [0.15, 0.2) is 0 Å². The van der Waals surface area contributed by atoms with Crippen LogP contribution >= 0.6 is 7.82 Å². The number of hydrogen-bond acceptors (Lipinski definition) is 3. The van der Waals surface area contributed by atoms with Gasteiger partial charge in [0, 0.05) is 22.4 Å². The Hall–Kier alpha value is 0.850. The van der Waals surface area contributed by atoms with Gasteiger partial charge >= 0.3 is 0 Å². The Balaban J connectivity index is 0. The Morgan fingerprint density at radius 2 is 1.50 bits per heavy atom. The first kappa shape index (κ1) is 9.97. The normalized spacial score (nSPS) is 9.83. The average Bonchev–Trinajstić information content (AvgIpc) is 0.722. The SMILES string of the molecule is O=P([O-])([O-])O.[Ag]. The van der Waals surface area contributed by atoms with Crippen molar-refractivity contribution in [3.63, 3.8) is 0 Å². The van der Waals surface area contributed by atoms with Gasteiger partial charge in [0.05, 0.1) is 7.82 Å². The van der Waals surface area contributed by atoms with Crippen molar-refractivity contribution in [2.45, 2.75) is 0 Å². The summed E-state index contributed by atoms with van der Waals surface area (Å²) in [6.45, 7) is 0. The van der Waals surface area contributed by atoms with Crippen molar-refractivity contribution in [2.75, 3.05) is 0 Å². The first-order valence-corrected chi connectivity index (χ1v) is 2.24. The van der Waals surface area contributed by atoms with E-state index in [9.17, 15) is 0 Å². The molecule has 0 aromatic carbocycles. The number of rotatable bonds is 0. The van der Waals surface area contributed by atoms with E-state index in [4.69, 9.17) is 19.2 Å². The van der Waals surface area contributed by atoms with E-state index < -0.39 is 7.82 Å². The smallest absolute Gasteiger partial charge is 0.0557 e. The van der Waals surface area contributed by atoms with Gasteiger partial charge in [-0.05, 0) is 0 Å². The van der Waals surface area contributed by atoms with Gasteiger partial charge in [0.25, 0.3) is 0 Å². The third-order valence-corrected chi connectivity index (χ3v) is 0. The van der Waals surface area contributed by atoms with E-state index in [2.05, 4.69) is 0 Å². The summed E-state index contributed by atoms with van der Waals surface area (Å²) >= 11 is 0. The van der Waals surface area contributed by atoms with E-state index >= 15 is 0 Å². The van der Waals surface area contributed by atoms with Crippen LogP contribution in [-0.4, -0.2) is 4.89 Å². The summed E-state index contributed by atoms with van der Waals surface area (Å²) in [5.41, 5.74) is 0. The maximum atomic E-state index is 8.66. The van der Waals surface area contributed by atoms with Gasteiger partial charge in [-0.15, -0.1) is 0 Å². The zero-order valence-electron chi connectivity index (χ0n) is 2.42. The van der Waals surface area contributed by atoms with Gasteiger partial charge in [0.2, 0.25) is 0 Å². The molecule has 6 heavy (non-hydrogen) atoms. The first-order valence-electron chi connectivity index (χ1n) is 0.748. The van der Waals surface area contributed by atoms with Gasteiger partial charge < -0.3 is 19.2 Å². The van der Waals surface area contributed by atoms with E-state index in [0.29, 0.717) is 0 Å². The average molecular weight is 204 g/mol. The largest absolute Gasteiger partial charge is 0.790 e. The minimum absolute atomic E-state index is 0. The second-order valence-corrected chi connectivity index (χ2v) is 1.41. The van der Waals surface area contributed by atoms with Crippen LogP contribution < -0.4 is 9.79 Å². The van der Waals surface area contributed by atoms with Crippen molar-refractivity contribution >= 4 is 7.82 Å². The molecule has 0 aliphatic carbocycles.